The average molecular weight is 211 g/mol. The maximum absolute atomic E-state index is 4.32. The number of aromatic nitrogens is 5. The molecule has 0 aliphatic heterocycles. The summed E-state index contributed by atoms with van der Waals surface area (Å²) in [5.74, 6) is 0.760. The molecule has 0 aliphatic rings. The number of rotatable bonds is 2. The van der Waals surface area contributed by atoms with Crippen LogP contribution in [-0.4, -0.2) is 24.5 Å². The highest BCUT2D eigenvalue weighted by Gasteiger charge is 2.07. The van der Waals surface area contributed by atoms with Crippen LogP contribution >= 0.6 is 0 Å². The molecule has 0 atom stereocenters. The van der Waals surface area contributed by atoms with Crippen molar-refractivity contribution in [2.75, 3.05) is 0 Å². The standard InChI is InChI=1S/C11H9N5/c1-4-10(15-8-2-6-13-15)11(12-5-1)16-9-3-7-14-16/h1-9H. The molecule has 3 rings (SSSR count). The van der Waals surface area contributed by atoms with Gasteiger partial charge >= 0.3 is 0 Å². The van der Waals surface area contributed by atoms with Crippen molar-refractivity contribution >= 4 is 0 Å². The van der Waals surface area contributed by atoms with Gasteiger partial charge in [-0.15, -0.1) is 0 Å². The summed E-state index contributed by atoms with van der Waals surface area (Å²) in [5.41, 5.74) is 0.899. The van der Waals surface area contributed by atoms with Crippen LogP contribution in [0.3, 0.4) is 0 Å². The fraction of sp³-hybridized carbons (Fsp3) is 0. The second-order valence-electron chi connectivity index (χ2n) is 3.25. The quantitative estimate of drug-likeness (QED) is 0.644. The van der Waals surface area contributed by atoms with E-state index in [1.54, 1.807) is 28.0 Å². The van der Waals surface area contributed by atoms with Crippen LogP contribution in [0.25, 0.3) is 11.5 Å². The highest BCUT2D eigenvalue weighted by atomic mass is 15.3. The van der Waals surface area contributed by atoms with Crippen LogP contribution in [0.5, 0.6) is 0 Å². The third-order valence-electron chi connectivity index (χ3n) is 2.24. The van der Waals surface area contributed by atoms with Gasteiger partial charge in [0, 0.05) is 31.0 Å². The van der Waals surface area contributed by atoms with Crippen LogP contribution in [-0.2, 0) is 0 Å². The molecule has 0 radical (unpaired) electrons. The molecule has 3 aromatic heterocycles. The Morgan fingerprint density at radius 1 is 0.812 bits per heavy atom. The second kappa shape index (κ2) is 3.62. The lowest BCUT2D eigenvalue weighted by atomic mass is 10.4. The molecule has 0 unspecified atom stereocenters. The first-order valence-corrected chi connectivity index (χ1v) is 4.90. The summed E-state index contributed by atoms with van der Waals surface area (Å²) in [6, 6.07) is 7.57. The Kier molecular flexibility index (Phi) is 2.00. The highest BCUT2D eigenvalue weighted by Crippen LogP contribution is 2.13. The van der Waals surface area contributed by atoms with Crippen LogP contribution in [0.4, 0.5) is 0 Å². The molecule has 0 bridgehead atoms. The Labute approximate surface area is 92.0 Å². The minimum Gasteiger partial charge on any atom is -0.237 e. The SMILES string of the molecule is c1cnc(-n2cccn2)c(-n2cccn2)c1. The Hall–Kier alpha value is -2.43. The van der Waals surface area contributed by atoms with Gasteiger partial charge in [0.15, 0.2) is 5.82 Å². The number of hydrogen-bond acceptors (Lipinski definition) is 3. The van der Waals surface area contributed by atoms with E-state index in [1.807, 2.05) is 36.7 Å². The van der Waals surface area contributed by atoms with E-state index in [0.717, 1.165) is 11.5 Å². The van der Waals surface area contributed by atoms with Gasteiger partial charge in [-0.3, -0.25) is 0 Å². The summed E-state index contributed by atoms with van der Waals surface area (Å²) in [4.78, 5) is 4.32. The van der Waals surface area contributed by atoms with Gasteiger partial charge in [0.2, 0.25) is 0 Å². The zero-order valence-electron chi connectivity index (χ0n) is 8.43. The van der Waals surface area contributed by atoms with Crippen molar-refractivity contribution in [3.63, 3.8) is 0 Å². The molecule has 0 aromatic carbocycles. The molecule has 78 valence electrons. The predicted octanol–water partition coefficient (Wildman–Crippen LogP) is 1.45. The molecule has 5 nitrogen and oxygen atoms in total. The molecule has 0 saturated carbocycles. The molecule has 0 N–H and O–H groups in total. The van der Waals surface area contributed by atoms with Gasteiger partial charge in [-0.2, -0.15) is 10.2 Å². The van der Waals surface area contributed by atoms with E-state index in [9.17, 15) is 0 Å². The van der Waals surface area contributed by atoms with E-state index < -0.39 is 0 Å². The third-order valence-corrected chi connectivity index (χ3v) is 2.24. The van der Waals surface area contributed by atoms with E-state index in [0.29, 0.717) is 0 Å². The first kappa shape index (κ1) is 8.84. The van der Waals surface area contributed by atoms with E-state index in [1.165, 1.54) is 0 Å². The van der Waals surface area contributed by atoms with E-state index in [-0.39, 0.29) is 0 Å². The summed E-state index contributed by atoms with van der Waals surface area (Å²) < 4.78 is 3.49. The lowest BCUT2D eigenvalue weighted by Gasteiger charge is -2.07. The van der Waals surface area contributed by atoms with Gasteiger partial charge in [0.25, 0.3) is 0 Å². The van der Waals surface area contributed by atoms with Crippen molar-refractivity contribution in [1.82, 2.24) is 24.5 Å². The molecule has 0 spiro atoms. The highest BCUT2D eigenvalue weighted by molar-refractivity contribution is 5.45. The third kappa shape index (κ3) is 1.38. The maximum Gasteiger partial charge on any atom is 0.179 e. The first-order chi connectivity index (χ1) is 7.95. The zero-order valence-corrected chi connectivity index (χ0v) is 8.43. The van der Waals surface area contributed by atoms with Crippen molar-refractivity contribution in [3.05, 3.63) is 55.2 Å². The molecule has 3 aromatic rings. The molecule has 0 saturated heterocycles. The average Bonchev–Trinajstić information content (AvgIpc) is 3.03. The van der Waals surface area contributed by atoms with Crippen LogP contribution in [0, 0.1) is 0 Å². The summed E-state index contributed by atoms with van der Waals surface area (Å²) in [6.45, 7) is 0. The van der Waals surface area contributed by atoms with Crippen molar-refractivity contribution < 1.29 is 0 Å². The predicted molar refractivity (Wildman–Crippen MR) is 58.5 cm³/mol. The van der Waals surface area contributed by atoms with Crippen molar-refractivity contribution in [3.8, 4) is 11.5 Å². The fourth-order valence-corrected chi connectivity index (χ4v) is 1.55. The van der Waals surface area contributed by atoms with Crippen LogP contribution in [0.2, 0.25) is 0 Å². The van der Waals surface area contributed by atoms with Crippen LogP contribution < -0.4 is 0 Å². The number of nitrogens with zero attached hydrogens (tertiary/aromatic N) is 5. The normalized spacial score (nSPS) is 10.5. The maximum atomic E-state index is 4.32. The van der Waals surface area contributed by atoms with Gasteiger partial charge in [0.1, 0.15) is 5.69 Å². The Morgan fingerprint density at radius 2 is 1.56 bits per heavy atom. The van der Waals surface area contributed by atoms with Crippen molar-refractivity contribution in [2.45, 2.75) is 0 Å². The van der Waals surface area contributed by atoms with Crippen LogP contribution in [0.15, 0.2) is 55.2 Å². The number of hydrogen-bond donors (Lipinski definition) is 0. The lowest BCUT2D eigenvalue weighted by molar-refractivity contribution is 0.800. The lowest BCUT2D eigenvalue weighted by Crippen LogP contribution is -2.05. The monoisotopic (exact) mass is 211 g/mol. The molecule has 5 heteroatoms. The Morgan fingerprint density at radius 3 is 2.25 bits per heavy atom. The second-order valence-corrected chi connectivity index (χ2v) is 3.25. The van der Waals surface area contributed by atoms with Crippen molar-refractivity contribution in [1.29, 1.82) is 0 Å². The van der Waals surface area contributed by atoms with E-state index in [4.69, 9.17) is 0 Å². The summed E-state index contributed by atoms with van der Waals surface area (Å²) in [7, 11) is 0. The zero-order chi connectivity index (χ0) is 10.8. The van der Waals surface area contributed by atoms with Gasteiger partial charge in [0.05, 0.1) is 0 Å². The Balaban J connectivity index is 2.19. The van der Waals surface area contributed by atoms with Gasteiger partial charge in [-0.05, 0) is 24.3 Å². The largest absolute Gasteiger partial charge is 0.237 e. The molecule has 0 fully saturated rings. The molecule has 0 amide bonds. The van der Waals surface area contributed by atoms with Gasteiger partial charge in [-0.25, -0.2) is 14.3 Å². The minimum atomic E-state index is 0.760. The topological polar surface area (TPSA) is 48.5 Å². The fourth-order valence-electron chi connectivity index (χ4n) is 1.55. The van der Waals surface area contributed by atoms with Crippen molar-refractivity contribution in [2.24, 2.45) is 0 Å². The van der Waals surface area contributed by atoms with E-state index in [2.05, 4.69) is 15.2 Å². The van der Waals surface area contributed by atoms with Gasteiger partial charge in [-0.1, -0.05) is 0 Å². The number of pyridine rings is 1. The minimum absolute atomic E-state index is 0.760. The molecule has 3 heterocycles. The summed E-state index contributed by atoms with van der Waals surface area (Å²) in [5, 5.41) is 8.36. The molecular formula is C11H9N5. The smallest absolute Gasteiger partial charge is 0.179 e. The summed E-state index contributed by atoms with van der Waals surface area (Å²) in [6.07, 6.45) is 8.94. The molecule has 0 aliphatic carbocycles. The molecular weight excluding hydrogens is 202 g/mol. The Bertz CT molecular complexity index is 515. The molecule has 16 heavy (non-hydrogen) atoms. The first-order valence-electron chi connectivity index (χ1n) is 4.90. The van der Waals surface area contributed by atoms with Gasteiger partial charge < -0.3 is 0 Å². The van der Waals surface area contributed by atoms with E-state index >= 15 is 0 Å². The summed E-state index contributed by atoms with van der Waals surface area (Å²) >= 11 is 0. The van der Waals surface area contributed by atoms with Crippen LogP contribution in [0.1, 0.15) is 0 Å².